The van der Waals surface area contributed by atoms with Gasteiger partial charge < -0.3 is 10.5 Å². The Morgan fingerprint density at radius 2 is 2.00 bits per heavy atom. The van der Waals surface area contributed by atoms with Crippen LogP contribution in [0.2, 0.25) is 0 Å². The van der Waals surface area contributed by atoms with E-state index in [1.807, 2.05) is 34.9 Å². The van der Waals surface area contributed by atoms with Crippen molar-refractivity contribution >= 4 is 17.4 Å². The number of nitrogens with two attached hydrogens (primary N) is 1. The van der Waals surface area contributed by atoms with Crippen LogP contribution in [0.15, 0.2) is 41.4 Å². The van der Waals surface area contributed by atoms with Crippen molar-refractivity contribution in [2.45, 2.75) is 42.5 Å². The van der Waals surface area contributed by atoms with E-state index >= 15 is 0 Å². The number of rotatable bonds is 5. The third-order valence-electron chi connectivity index (χ3n) is 5.70. The van der Waals surface area contributed by atoms with Crippen LogP contribution >= 0.6 is 11.8 Å². The number of hydrogen-bond donors (Lipinski definition) is 1. The molecule has 152 valence electrons. The van der Waals surface area contributed by atoms with Gasteiger partial charge in [-0.2, -0.15) is 10.5 Å². The topological polar surface area (TPSA) is 100 Å². The zero-order chi connectivity index (χ0) is 21.1. The summed E-state index contributed by atoms with van der Waals surface area (Å²) in [6.07, 6.45) is 8.98. The zero-order valence-corrected chi connectivity index (χ0v) is 17.7. The van der Waals surface area contributed by atoms with Gasteiger partial charge in [0.1, 0.15) is 41.4 Å². The van der Waals surface area contributed by atoms with Gasteiger partial charge in [-0.25, -0.2) is 4.98 Å². The van der Waals surface area contributed by atoms with Crippen LogP contribution in [0.25, 0.3) is 16.9 Å². The average molecular weight is 418 g/mol. The lowest BCUT2D eigenvalue weighted by Crippen LogP contribution is -2.47. The van der Waals surface area contributed by atoms with Gasteiger partial charge in [0.15, 0.2) is 0 Å². The quantitative estimate of drug-likeness (QED) is 0.613. The van der Waals surface area contributed by atoms with E-state index in [0.29, 0.717) is 29.3 Å². The molecular formula is C23H23N5OS. The SMILES string of the molecule is CSc1cc(-c2cnc3cccc(C#N)n23)cc(OCC2(N)CCCCC2)c1C#N. The lowest BCUT2D eigenvalue weighted by Gasteiger charge is -2.33. The minimum Gasteiger partial charge on any atom is -0.490 e. The van der Waals surface area contributed by atoms with Gasteiger partial charge in [-0.3, -0.25) is 4.40 Å². The number of thioether (sulfide) groups is 1. The number of fused-ring (bicyclic) bond motifs is 1. The Balaban J connectivity index is 1.78. The Hall–Kier alpha value is -3.00. The lowest BCUT2D eigenvalue weighted by molar-refractivity contribution is 0.173. The number of benzene rings is 1. The molecule has 2 N–H and O–H groups in total. The summed E-state index contributed by atoms with van der Waals surface area (Å²) in [7, 11) is 0. The van der Waals surface area contributed by atoms with Crippen molar-refractivity contribution in [3.8, 4) is 29.1 Å². The lowest BCUT2D eigenvalue weighted by atomic mass is 9.83. The molecule has 2 aromatic heterocycles. The van der Waals surface area contributed by atoms with Crippen LogP contribution in [0.4, 0.5) is 0 Å². The average Bonchev–Trinajstić information content (AvgIpc) is 3.22. The Bertz CT molecular complexity index is 1160. The zero-order valence-electron chi connectivity index (χ0n) is 16.9. The predicted molar refractivity (Wildman–Crippen MR) is 117 cm³/mol. The first-order chi connectivity index (χ1) is 14.6. The van der Waals surface area contributed by atoms with Crippen molar-refractivity contribution in [2.75, 3.05) is 12.9 Å². The smallest absolute Gasteiger partial charge is 0.138 e. The molecule has 0 radical (unpaired) electrons. The van der Waals surface area contributed by atoms with Crippen LogP contribution in [0.3, 0.4) is 0 Å². The fourth-order valence-corrected chi connectivity index (χ4v) is 4.67. The maximum atomic E-state index is 9.77. The third-order valence-corrected chi connectivity index (χ3v) is 6.46. The molecule has 0 saturated heterocycles. The normalized spacial score (nSPS) is 15.5. The van der Waals surface area contributed by atoms with Crippen molar-refractivity contribution in [3.05, 3.63) is 47.8 Å². The maximum absolute atomic E-state index is 9.77. The highest BCUT2D eigenvalue weighted by Gasteiger charge is 2.29. The molecule has 4 rings (SSSR count). The van der Waals surface area contributed by atoms with Gasteiger partial charge in [-0.05, 0) is 43.4 Å². The molecule has 0 aliphatic heterocycles. The largest absolute Gasteiger partial charge is 0.490 e. The molecule has 0 unspecified atom stereocenters. The molecule has 0 bridgehead atoms. The minimum absolute atomic E-state index is 0.349. The van der Waals surface area contributed by atoms with Crippen molar-refractivity contribution in [2.24, 2.45) is 5.73 Å². The molecule has 1 aliphatic rings. The Morgan fingerprint density at radius 3 is 2.70 bits per heavy atom. The number of hydrogen-bond acceptors (Lipinski definition) is 6. The molecule has 0 amide bonds. The number of pyridine rings is 1. The van der Waals surface area contributed by atoms with E-state index in [1.54, 1.807) is 12.3 Å². The summed E-state index contributed by atoms with van der Waals surface area (Å²) in [4.78, 5) is 5.26. The first kappa shape index (κ1) is 20.3. The van der Waals surface area contributed by atoms with Gasteiger partial charge in [-0.15, -0.1) is 11.8 Å². The molecule has 7 heteroatoms. The molecule has 1 fully saturated rings. The van der Waals surface area contributed by atoms with Crippen LogP contribution < -0.4 is 10.5 Å². The number of imidazole rings is 1. The molecule has 1 aromatic carbocycles. The second kappa shape index (κ2) is 8.39. The summed E-state index contributed by atoms with van der Waals surface area (Å²) in [5.74, 6) is 0.527. The molecule has 1 aliphatic carbocycles. The third kappa shape index (κ3) is 3.75. The summed E-state index contributed by atoms with van der Waals surface area (Å²) in [5.41, 5.74) is 9.54. The highest BCUT2D eigenvalue weighted by molar-refractivity contribution is 7.98. The van der Waals surface area contributed by atoms with E-state index in [2.05, 4.69) is 17.1 Å². The summed E-state index contributed by atoms with van der Waals surface area (Å²) in [6.45, 7) is 0.384. The Labute approximate surface area is 180 Å². The van der Waals surface area contributed by atoms with Crippen molar-refractivity contribution in [1.82, 2.24) is 9.38 Å². The summed E-state index contributed by atoms with van der Waals surface area (Å²) >= 11 is 1.49. The van der Waals surface area contributed by atoms with Crippen LogP contribution in [0.5, 0.6) is 5.75 Å². The van der Waals surface area contributed by atoms with E-state index in [9.17, 15) is 10.5 Å². The first-order valence-electron chi connectivity index (χ1n) is 9.99. The van der Waals surface area contributed by atoms with Crippen LogP contribution in [-0.2, 0) is 0 Å². The van der Waals surface area contributed by atoms with Crippen molar-refractivity contribution < 1.29 is 4.74 Å². The highest BCUT2D eigenvalue weighted by atomic mass is 32.2. The monoisotopic (exact) mass is 417 g/mol. The van der Waals surface area contributed by atoms with Crippen LogP contribution in [-0.4, -0.2) is 27.8 Å². The van der Waals surface area contributed by atoms with E-state index in [1.165, 1.54) is 18.2 Å². The van der Waals surface area contributed by atoms with Crippen LogP contribution in [0.1, 0.15) is 43.4 Å². The van der Waals surface area contributed by atoms with Crippen LogP contribution in [0, 0.1) is 22.7 Å². The van der Waals surface area contributed by atoms with E-state index in [0.717, 1.165) is 41.8 Å². The predicted octanol–water partition coefficient (Wildman–Crippen LogP) is 4.51. The molecule has 1 saturated carbocycles. The van der Waals surface area contributed by atoms with Gasteiger partial charge >= 0.3 is 0 Å². The summed E-state index contributed by atoms with van der Waals surface area (Å²) < 4.78 is 7.99. The molecule has 30 heavy (non-hydrogen) atoms. The summed E-state index contributed by atoms with van der Waals surface area (Å²) in [5, 5.41) is 19.3. The summed E-state index contributed by atoms with van der Waals surface area (Å²) in [6, 6.07) is 13.8. The first-order valence-corrected chi connectivity index (χ1v) is 11.2. The van der Waals surface area contributed by atoms with Gasteiger partial charge in [0.05, 0.1) is 17.4 Å². The molecular weight excluding hydrogens is 394 g/mol. The number of ether oxygens (including phenoxy) is 1. The van der Waals surface area contributed by atoms with E-state index < -0.39 is 0 Å². The van der Waals surface area contributed by atoms with E-state index in [4.69, 9.17) is 10.5 Å². The Morgan fingerprint density at radius 1 is 1.20 bits per heavy atom. The maximum Gasteiger partial charge on any atom is 0.138 e. The highest BCUT2D eigenvalue weighted by Crippen LogP contribution is 2.36. The standard InChI is InChI=1S/C23H23N5OS/c1-30-21-11-16(19-14-27-22-7-5-6-17(12-24)28(19)22)10-20(18(21)13-25)29-15-23(26)8-3-2-4-9-23/h5-7,10-11,14H,2-4,8-9,15,26H2,1H3. The second-order valence-corrected chi connectivity index (χ2v) is 8.58. The van der Waals surface area contributed by atoms with E-state index in [-0.39, 0.29) is 5.54 Å². The molecule has 6 nitrogen and oxygen atoms in total. The van der Waals surface area contributed by atoms with Gasteiger partial charge in [0.25, 0.3) is 0 Å². The molecule has 3 aromatic rings. The minimum atomic E-state index is -0.349. The molecule has 0 atom stereocenters. The van der Waals surface area contributed by atoms with Gasteiger partial charge in [-0.1, -0.05) is 25.3 Å². The van der Waals surface area contributed by atoms with Crippen molar-refractivity contribution in [3.63, 3.8) is 0 Å². The van der Waals surface area contributed by atoms with Crippen molar-refractivity contribution in [1.29, 1.82) is 10.5 Å². The van der Waals surface area contributed by atoms with Gasteiger partial charge in [0.2, 0.25) is 0 Å². The fraction of sp³-hybridized carbons (Fsp3) is 0.348. The van der Waals surface area contributed by atoms with Gasteiger partial charge in [0, 0.05) is 10.5 Å². The number of aromatic nitrogens is 2. The second-order valence-electron chi connectivity index (χ2n) is 7.74. The Kier molecular flexibility index (Phi) is 5.67. The number of nitrogens with zero attached hydrogens (tertiary/aromatic N) is 4. The molecule has 2 heterocycles. The fourth-order valence-electron chi connectivity index (χ4n) is 4.07. The number of nitriles is 2. The molecule has 0 spiro atoms.